The molecule has 0 radical (unpaired) electrons. The Kier molecular flexibility index (Phi) is 6.36. The first kappa shape index (κ1) is 20.9. The summed E-state index contributed by atoms with van der Waals surface area (Å²) < 4.78 is 20.9. The van der Waals surface area contributed by atoms with Crippen molar-refractivity contribution in [3.05, 3.63) is 64.5 Å². The van der Waals surface area contributed by atoms with E-state index in [0.717, 1.165) is 0 Å². The first-order chi connectivity index (χ1) is 14.4. The van der Waals surface area contributed by atoms with Crippen LogP contribution in [0.4, 0.5) is 0 Å². The molecule has 0 aliphatic heterocycles. The number of nitrogens with one attached hydrogen (secondary N) is 1. The molecule has 0 unspecified atom stereocenters. The molecule has 0 spiro atoms. The lowest BCUT2D eigenvalue weighted by molar-refractivity contribution is -0.136. The van der Waals surface area contributed by atoms with Gasteiger partial charge in [-0.3, -0.25) is 4.79 Å². The highest BCUT2D eigenvalue weighted by atomic mass is 16.6. The summed E-state index contributed by atoms with van der Waals surface area (Å²) in [5, 5.41) is 3.17. The van der Waals surface area contributed by atoms with Crippen molar-refractivity contribution in [1.82, 2.24) is 5.32 Å². The van der Waals surface area contributed by atoms with Gasteiger partial charge in [-0.1, -0.05) is 0 Å². The Morgan fingerprint density at radius 3 is 2.33 bits per heavy atom. The quantitative estimate of drug-likeness (QED) is 0.362. The molecule has 1 amide bonds. The Morgan fingerprint density at radius 2 is 1.67 bits per heavy atom. The van der Waals surface area contributed by atoms with Crippen LogP contribution in [0.1, 0.15) is 24.2 Å². The maximum atomic E-state index is 12.1. The van der Waals surface area contributed by atoms with Crippen LogP contribution in [0.15, 0.2) is 57.7 Å². The minimum Gasteiger partial charge on any atom is -0.497 e. The minimum atomic E-state index is -0.771. The van der Waals surface area contributed by atoms with Crippen molar-refractivity contribution in [1.29, 1.82) is 0 Å². The van der Waals surface area contributed by atoms with Gasteiger partial charge in [0.1, 0.15) is 28.4 Å². The smallest absolute Gasteiger partial charge is 0.349 e. The summed E-state index contributed by atoms with van der Waals surface area (Å²) in [6.07, 6.45) is 0. The number of carbonyl (C=O) groups excluding carboxylic acids is 2. The zero-order valence-corrected chi connectivity index (χ0v) is 16.8. The number of methoxy groups -OCH3 is 1. The summed E-state index contributed by atoms with van der Waals surface area (Å²) in [4.78, 5) is 36.3. The van der Waals surface area contributed by atoms with Gasteiger partial charge in [-0.2, -0.15) is 0 Å². The van der Waals surface area contributed by atoms with Crippen LogP contribution >= 0.6 is 0 Å². The van der Waals surface area contributed by atoms with E-state index in [1.807, 2.05) is 0 Å². The van der Waals surface area contributed by atoms with Crippen LogP contribution in [0.5, 0.6) is 17.2 Å². The Hall–Kier alpha value is -3.81. The lowest BCUT2D eigenvalue weighted by atomic mass is 10.1. The van der Waals surface area contributed by atoms with Gasteiger partial charge < -0.3 is 23.9 Å². The van der Waals surface area contributed by atoms with Crippen molar-refractivity contribution in [2.75, 3.05) is 13.7 Å². The summed E-state index contributed by atoms with van der Waals surface area (Å²) in [6, 6.07) is 12.6. The number of ether oxygens (including phenoxy) is 3. The molecule has 3 rings (SSSR count). The van der Waals surface area contributed by atoms with Crippen LogP contribution in [0.25, 0.3) is 11.0 Å². The van der Waals surface area contributed by atoms with Crippen molar-refractivity contribution in [3.63, 3.8) is 0 Å². The maximum absolute atomic E-state index is 12.1. The number of benzene rings is 2. The summed E-state index contributed by atoms with van der Waals surface area (Å²) >= 11 is 0. The van der Waals surface area contributed by atoms with Gasteiger partial charge in [-0.05, 0) is 56.3 Å². The molecule has 0 saturated carbocycles. The average Bonchev–Trinajstić information content (AvgIpc) is 2.71. The first-order valence-electron chi connectivity index (χ1n) is 9.22. The second-order valence-electron chi connectivity index (χ2n) is 6.71. The third-order valence-corrected chi connectivity index (χ3v) is 4.02. The molecular weight excluding hydrogens is 390 g/mol. The van der Waals surface area contributed by atoms with Gasteiger partial charge in [0.05, 0.1) is 7.11 Å². The van der Waals surface area contributed by atoms with Crippen molar-refractivity contribution in [2.45, 2.75) is 19.9 Å². The lowest BCUT2D eigenvalue weighted by Gasteiger charge is -2.09. The molecule has 0 atom stereocenters. The van der Waals surface area contributed by atoms with Crippen LogP contribution in [0.3, 0.4) is 0 Å². The van der Waals surface area contributed by atoms with Gasteiger partial charge >= 0.3 is 11.6 Å². The molecule has 1 aromatic heterocycles. The highest BCUT2D eigenvalue weighted by molar-refractivity contribution is 5.96. The SMILES string of the molecule is COc1ccc(OCC(=O)Oc2ccc3cc(C(=O)NC(C)C)c(=O)oc3c2)cc1. The van der Waals surface area contributed by atoms with Crippen molar-refractivity contribution < 1.29 is 28.2 Å². The normalized spacial score (nSPS) is 10.7. The number of hydrogen-bond donors (Lipinski definition) is 1. The van der Waals surface area contributed by atoms with E-state index in [1.54, 1.807) is 51.3 Å². The van der Waals surface area contributed by atoms with Crippen LogP contribution in [0, 0.1) is 0 Å². The molecule has 1 N–H and O–H groups in total. The van der Waals surface area contributed by atoms with Crippen LogP contribution in [-0.2, 0) is 4.79 Å². The number of carbonyl (C=O) groups is 2. The van der Waals surface area contributed by atoms with Crippen LogP contribution in [0.2, 0.25) is 0 Å². The second-order valence-corrected chi connectivity index (χ2v) is 6.71. The van der Waals surface area contributed by atoms with Gasteiger partial charge in [0.25, 0.3) is 5.91 Å². The van der Waals surface area contributed by atoms with Gasteiger partial charge in [-0.25, -0.2) is 9.59 Å². The van der Waals surface area contributed by atoms with E-state index >= 15 is 0 Å². The molecule has 0 aliphatic carbocycles. The first-order valence-corrected chi connectivity index (χ1v) is 9.22. The molecule has 1 heterocycles. The van der Waals surface area contributed by atoms with E-state index in [2.05, 4.69) is 5.32 Å². The zero-order chi connectivity index (χ0) is 21.7. The molecule has 3 aromatic rings. The van der Waals surface area contributed by atoms with E-state index in [1.165, 1.54) is 18.2 Å². The molecule has 0 saturated heterocycles. The van der Waals surface area contributed by atoms with Gasteiger partial charge in [0.15, 0.2) is 6.61 Å². The lowest BCUT2D eigenvalue weighted by Crippen LogP contribution is -2.33. The van der Waals surface area contributed by atoms with Crippen molar-refractivity contribution in [3.8, 4) is 17.2 Å². The molecular formula is C22H21NO7. The third-order valence-electron chi connectivity index (χ3n) is 4.02. The zero-order valence-electron chi connectivity index (χ0n) is 16.8. The average molecular weight is 411 g/mol. The fraction of sp³-hybridized carbons (Fsp3) is 0.227. The molecule has 30 heavy (non-hydrogen) atoms. The molecule has 0 aliphatic rings. The number of fused-ring (bicyclic) bond motifs is 1. The highest BCUT2D eigenvalue weighted by Crippen LogP contribution is 2.21. The third kappa shape index (κ3) is 5.16. The van der Waals surface area contributed by atoms with E-state index in [-0.39, 0.29) is 29.5 Å². The van der Waals surface area contributed by atoms with E-state index in [9.17, 15) is 14.4 Å². The van der Waals surface area contributed by atoms with E-state index in [4.69, 9.17) is 18.6 Å². The molecule has 0 fully saturated rings. The fourth-order valence-electron chi connectivity index (χ4n) is 2.63. The monoisotopic (exact) mass is 411 g/mol. The number of rotatable bonds is 7. The largest absolute Gasteiger partial charge is 0.497 e. The number of hydrogen-bond acceptors (Lipinski definition) is 7. The highest BCUT2D eigenvalue weighted by Gasteiger charge is 2.15. The van der Waals surface area contributed by atoms with Gasteiger partial charge in [0, 0.05) is 17.5 Å². The Balaban J connectivity index is 1.68. The molecule has 8 heteroatoms. The van der Waals surface area contributed by atoms with Crippen molar-refractivity contribution in [2.24, 2.45) is 0 Å². The summed E-state index contributed by atoms with van der Waals surface area (Å²) in [6.45, 7) is 3.28. The predicted molar refractivity (Wildman–Crippen MR) is 109 cm³/mol. The van der Waals surface area contributed by atoms with Crippen molar-refractivity contribution >= 4 is 22.8 Å². The predicted octanol–water partition coefficient (Wildman–Crippen LogP) is 2.92. The van der Waals surface area contributed by atoms with E-state index in [0.29, 0.717) is 16.9 Å². The Bertz CT molecular complexity index is 1120. The van der Waals surface area contributed by atoms with Gasteiger partial charge in [0.2, 0.25) is 0 Å². The fourth-order valence-corrected chi connectivity index (χ4v) is 2.63. The molecule has 8 nitrogen and oxygen atoms in total. The van der Waals surface area contributed by atoms with Crippen LogP contribution in [-0.4, -0.2) is 31.6 Å². The van der Waals surface area contributed by atoms with Gasteiger partial charge in [-0.15, -0.1) is 0 Å². The Morgan fingerprint density at radius 1 is 1.00 bits per heavy atom. The molecule has 2 aromatic carbocycles. The second kappa shape index (κ2) is 9.13. The maximum Gasteiger partial charge on any atom is 0.349 e. The minimum absolute atomic E-state index is 0.0890. The summed E-state index contributed by atoms with van der Waals surface area (Å²) in [5.74, 6) is 0.220. The van der Waals surface area contributed by atoms with Crippen LogP contribution < -0.4 is 25.2 Å². The standard InChI is InChI=1S/C22H21NO7/c1-13(2)23-21(25)18-10-14-4-5-17(11-19(14)30-22(18)26)29-20(24)12-28-16-8-6-15(27-3)7-9-16/h4-11,13H,12H2,1-3H3,(H,23,25). The summed E-state index contributed by atoms with van der Waals surface area (Å²) in [5.41, 5.74) is -0.664. The number of amides is 1. The number of esters is 1. The molecule has 156 valence electrons. The Labute approximate surface area is 172 Å². The topological polar surface area (TPSA) is 104 Å². The van der Waals surface area contributed by atoms with E-state index < -0.39 is 17.5 Å². The molecule has 0 bridgehead atoms. The summed E-state index contributed by atoms with van der Waals surface area (Å²) in [7, 11) is 1.56.